The first-order valence-corrected chi connectivity index (χ1v) is 16.5. The van der Waals surface area contributed by atoms with Crippen LogP contribution in [-0.2, 0) is 30.3 Å². The normalized spacial score (nSPS) is 27.6. The van der Waals surface area contributed by atoms with Crippen molar-refractivity contribution in [2.24, 2.45) is 0 Å². The number of aromatic hydroxyl groups is 2. The Labute approximate surface area is 286 Å². The molecule has 0 spiro atoms. The van der Waals surface area contributed by atoms with Crippen molar-refractivity contribution in [1.29, 1.82) is 0 Å². The number of fused-ring (bicyclic) bond motifs is 3. The molecular formula is C36H39NO13. The number of carbonyl (C=O) groups excluding carboxylic acids is 5. The van der Waals surface area contributed by atoms with Crippen LogP contribution in [0.1, 0.15) is 95.0 Å². The van der Waals surface area contributed by atoms with Crippen LogP contribution in [0, 0.1) is 0 Å². The fraction of sp³-hybridized carbons (Fsp3) is 0.472. The average Bonchev–Trinajstić information content (AvgIpc) is 3.10. The van der Waals surface area contributed by atoms with Crippen molar-refractivity contribution < 1.29 is 63.7 Å². The van der Waals surface area contributed by atoms with Crippen LogP contribution in [0.15, 0.2) is 29.3 Å². The molecular weight excluding hydrogens is 654 g/mol. The van der Waals surface area contributed by atoms with Crippen molar-refractivity contribution in [3.8, 4) is 17.2 Å². The number of benzene rings is 2. The molecule has 3 aliphatic carbocycles. The SMILES string of the molecule is COc1cccc2c1C(=O)c1c(O)c3c(c(O)c1C2=O)C[C@@](O)(C(=O)CO)C[C@@H]3OC1COC(C)C(O)C1NC(=O)C1=C(C(C)=O)CCCC1. The Kier molecular flexibility index (Phi) is 9.43. The van der Waals surface area contributed by atoms with E-state index in [1.807, 2.05) is 0 Å². The lowest BCUT2D eigenvalue weighted by Crippen LogP contribution is -2.61. The number of hydrogen-bond acceptors (Lipinski definition) is 13. The largest absolute Gasteiger partial charge is 0.507 e. The summed E-state index contributed by atoms with van der Waals surface area (Å²) in [6.45, 7) is 1.66. The van der Waals surface area contributed by atoms with Gasteiger partial charge in [0, 0.05) is 40.7 Å². The van der Waals surface area contributed by atoms with Gasteiger partial charge in [-0.1, -0.05) is 12.1 Å². The first kappa shape index (κ1) is 35.4. The number of hydrogen-bond donors (Lipinski definition) is 6. The minimum Gasteiger partial charge on any atom is -0.507 e. The molecule has 50 heavy (non-hydrogen) atoms. The van der Waals surface area contributed by atoms with Gasteiger partial charge in [-0.3, -0.25) is 24.0 Å². The summed E-state index contributed by atoms with van der Waals surface area (Å²) in [5.41, 5.74) is -3.43. The highest BCUT2D eigenvalue weighted by atomic mass is 16.6. The third kappa shape index (κ3) is 5.70. The second-order valence-electron chi connectivity index (χ2n) is 13.3. The van der Waals surface area contributed by atoms with E-state index in [-0.39, 0.29) is 40.4 Å². The molecule has 0 radical (unpaired) electrons. The number of amides is 1. The van der Waals surface area contributed by atoms with Crippen LogP contribution in [0.2, 0.25) is 0 Å². The standard InChI is InChI=1S/C36H39NO13/c1-15(39)17-7-4-5-8-18(17)35(46)37-29-23(14-49-16(2)30(29)41)50-22-12-36(47,24(40)13-38)11-20-26(22)34(45)28-27(32(20)43)31(42)19-9-6-10-21(48-3)25(19)33(28)44/h6,9-10,16,22-23,29-30,38,41,43,45,47H,4-5,7-8,11-14H2,1-3H3,(H,37,46)/t16?,22-,23?,29?,30?,36-/m0/s1. The predicted octanol–water partition coefficient (Wildman–Crippen LogP) is 1.27. The van der Waals surface area contributed by atoms with Gasteiger partial charge in [-0.05, 0) is 45.6 Å². The van der Waals surface area contributed by atoms with Crippen molar-refractivity contribution in [1.82, 2.24) is 5.32 Å². The van der Waals surface area contributed by atoms with Crippen molar-refractivity contribution >= 4 is 29.0 Å². The van der Waals surface area contributed by atoms with Crippen molar-refractivity contribution in [2.75, 3.05) is 20.3 Å². The van der Waals surface area contributed by atoms with E-state index >= 15 is 0 Å². The van der Waals surface area contributed by atoms with Gasteiger partial charge in [-0.25, -0.2) is 0 Å². The molecule has 6 rings (SSSR count). The Morgan fingerprint density at radius 3 is 2.36 bits per heavy atom. The number of Topliss-reactive ketones (excluding diaryl/α,β-unsaturated/α-hetero) is 2. The fourth-order valence-corrected chi connectivity index (χ4v) is 7.65. The summed E-state index contributed by atoms with van der Waals surface area (Å²) in [6.07, 6.45) is -3.83. The summed E-state index contributed by atoms with van der Waals surface area (Å²) >= 11 is 0. The van der Waals surface area contributed by atoms with Crippen LogP contribution < -0.4 is 10.1 Å². The number of allylic oxidation sites excluding steroid dienone is 1. The molecule has 6 atom stereocenters. The van der Waals surface area contributed by atoms with E-state index in [1.54, 1.807) is 6.92 Å². The Balaban J connectivity index is 1.45. The smallest absolute Gasteiger partial charge is 0.248 e. The average molecular weight is 694 g/mol. The van der Waals surface area contributed by atoms with E-state index < -0.39 is 101 Å². The van der Waals surface area contributed by atoms with Crippen LogP contribution in [0.4, 0.5) is 0 Å². The molecule has 0 aromatic heterocycles. The molecule has 1 saturated heterocycles. The molecule has 1 aliphatic heterocycles. The van der Waals surface area contributed by atoms with Gasteiger partial charge >= 0.3 is 0 Å². The number of phenols is 2. The molecule has 0 saturated carbocycles. The van der Waals surface area contributed by atoms with Gasteiger partial charge in [-0.15, -0.1) is 0 Å². The van der Waals surface area contributed by atoms with Crippen molar-refractivity contribution in [3.63, 3.8) is 0 Å². The molecule has 4 aliphatic rings. The predicted molar refractivity (Wildman–Crippen MR) is 172 cm³/mol. The molecule has 1 amide bonds. The topological polar surface area (TPSA) is 226 Å². The Morgan fingerprint density at radius 1 is 1.02 bits per heavy atom. The first-order valence-electron chi connectivity index (χ1n) is 16.5. The fourth-order valence-electron chi connectivity index (χ4n) is 7.65. The van der Waals surface area contributed by atoms with Gasteiger partial charge in [0.15, 0.2) is 17.3 Å². The molecule has 1 heterocycles. The Hall–Kier alpha value is -4.47. The highest BCUT2D eigenvalue weighted by Crippen LogP contribution is 2.52. The molecule has 14 heteroatoms. The van der Waals surface area contributed by atoms with Gasteiger partial charge in [0.05, 0.1) is 48.7 Å². The number of rotatable bonds is 8. The number of aliphatic hydroxyl groups is 3. The summed E-state index contributed by atoms with van der Waals surface area (Å²) in [4.78, 5) is 66.5. The lowest BCUT2D eigenvalue weighted by Gasteiger charge is -2.44. The van der Waals surface area contributed by atoms with E-state index in [0.717, 1.165) is 6.42 Å². The second-order valence-corrected chi connectivity index (χ2v) is 13.3. The van der Waals surface area contributed by atoms with Gasteiger partial charge < -0.3 is 45.1 Å². The molecule has 4 unspecified atom stereocenters. The maximum atomic E-state index is 13.9. The molecule has 6 N–H and O–H groups in total. The molecule has 1 fully saturated rings. The van der Waals surface area contributed by atoms with Crippen molar-refractivity contribution in [3.05, 3.63) is 62.7 Å². The number of ether oxygens (including phenoxy) is 3. The minimum atomic E-state index is -2.36. The quantitative estimate of drug-likeness (QED) is 0.183. The zero-order valence-electron chi connectivity index (χ0n) is 27.8. The van der Waals surface area contributed by atoms with E-state index in [1.165, 1.54) is 32.2 Å². The van der Waals surface area contributed by atoms with Crippen molar-refractivity contribution in [2.45, 2.75) is 88.4 Å². The summed E-state index contributed by atoms with van der Waals surface area (Å²) in [6, 6.07) is 3.15. The Bertz CT molecular complexity index is 1850. The van der Waals surface area contributed by atoms with E-state index in [2.05, 4.69) is 5.32 Å². The minimum absolute atomic E-state index is 0.0564. The molecule has 0 bridgehead atoms. The number of methoxy groups -OCH3 is 1. The lowest BCUT2D eigenvalue weighted by molar-refractivity contribution is -0.183. The molecule has 14 nitrogen and oxygen atoms in total. The Morgan fingerprint density at radius 2 is 1.70 bits per heavy atom. The van der Waals surface area contributed by atoms with E-state index in [0.29, 0.717) is 30.4 Å². The van der Waals surface area contributed by atoms with Gasteiger partial charge in [0.25, 0.3) is 0 Å². The highest BCUT2D eigenvalue weighted by molar-refractivity contribution is 6.31. The lowest BCUT2D eigenvalue weighted by atomic mass is 9.71. The highest BCUT2D eigenvalue weighted by Gasteiger charge is 2.51. The zero-order valence-corrected chi connectivity index (χ0v) is 27.8. The number of ketones is 4. The maximum Gasteiger partial charge on any atom is 0.248 e. The summed E-state index contributed by atoms with van der Waals surface area (Å²) < 4.78 is 17.4. The van der Waals surface area contributed by atoms with Crippen LogP contribution in [-0.4, -0.2) is 105 Å². The molecule has 266 valence electrons. The van der Waals surface area contributed by atoms with Gasteiger partial charge in [0.2, 0.25) is 11.7 Å². The monoisotopic (exact) mass is 693 g/mol. The third-order valence-corrected chi connectivity index (χ3v) is 10.3. The third-order valence-electron chi connectivity index (χ3n) is 10.3. The molecule has 2 aromatic carbocycles. The van der Waals surface area contributed by atoms with Crippen LogP contribution in [0.3, 0.4) is 0 Å². The number of nitrogens with one attached hydrogen (secondary N) is 1. The first-order chi connectivity index (χ1) is 23.7. The van der Waals surface area contributed by atoms with Crippen LogP contribution in [0.5, 0.6) is 17.2 Å². The number of phenolic OH excluding ortho intramolecular Hbond substituents is 2. The number of aliphatic hydroxyl groups excluding tert-OH is 2. The second kappa shape index (κ2) is 13.3. The summed E-state index contributed by atoms with van der Waals surface area (Å²) in [5.74, 6) is -4.94. The van der Waals surface area contributed by atoms with Gasteiger partial charge in [-0.2, -0.15) is 0 Å². The van der Waals surface area contributed by atoms with E-state index in [9.17, 15) is 49.5 Å². The summed E-state index contributed by atoms with van der Waals surface area (Å²) in [5, 5.41) is 58.7. The van der Waals surface area contributed by atoms with E-state index in [4.69, 9.17) is 14.2 Å². The zero-order chi connectivity index (χ0) is 36.2. The van der Waals surface area contributed by atoms with Crippen LogP contribution >= 0.6 is 0 Å². The number of carbonyl (C=O) groups is 5. The van der Waals surface area contributed by atoms with Gasteiger partial charge in [0.1, 0.15) is 41.7 Å². The summed E-state index contributed by atoms with van der Waals surface area (Å²) in [7, 11) is 1.30. The maximum absolute atomic E-state index is 13.9. The molecule has 2 aromatic rings. The van der Waals surface area contributed by atoms with Crippen LogP contribution in [0.25, 0.3) is 0 Å².